The first kappa shape index (κ1) is 14.7. The van der Waals surface area contributed by atoms with E-state index < -0.39 is 0 Å². The molecule has 0 saturated carbocycles. The third kappa shape index (κ3) is 2.87. The second kappa shape index (κ2) is 5.88. The quantitative estimate of drug-likeness (QED) is 0.643. The fraction of sp³-hybridized carbons (Fsp3) is 0.438. The number of hydrogen-bond acceptors (Lipinski definition) is 4. The highest BCUT2D eigenvalue weighted by atomic mass is 16.6. The largest absolute Gasteiger partial charge is 0.292 e. The molecule has 0 spiro atoms. The maximum Gasteiger partial charge on any atom is 0.272 e. The van der Waals surface area contributed by atoms with Crippen LogP contribution in [0.25, 0.3) is 0 Å². The highest BCUT2D eigenvalue weighted by Crippen LogP contribution is 2.33. The number of aromatic nitrogens is 2. The van der Waals surface area contributed by atoms with Crippen molar-refractivity contribution >= 4 is 5.69 Å². The normalized spacial score (nSPS) is 18.7. The van der Waals surface area contributed by atoms with Gasteiger partial charge in [-0.15, -0.1) is 0 Å². The SMILES string of the molecule is Cc1ccc(CN2CCCC2c2cnn(C)c2)cc1[N+](=O)[O-]. The lowest BCUT2D eigenvalue weighted by Gasteiger charge is -2.23. The standard InChI is InChI=1S/C16H20N4O2/c1-12-5-6-13(8-16(12)20(21)22)10-19-7-3-4-15(19)14-9-17-18(2)11-14/h5-6,8-9,11,15H,3-4,7,10H2,1-2H3. The summed E-state index contributed by atoms with van der Waals surface area (Å²) in [7, 11) is 1.92. The molecule has 2 heterocycles. The summed E-state index contributed by atoms with van der Waals surface area (Å²) >= 11 is 0. The third-order valence-electron chi connectivity index (χ3n) is 4.33. The Hall–Kier alpha value is -2.21. The first-order chi connectivity index (χ1) is 10.5. The number of nitrogens with zero attached hydrogens (tertiary/aromatic N) is 4. The summed E-state index contributed by atoms with van der Waals surface area (Å²) in [6.45, 7) is 3.53. The van der Waals surface area contributed by atoms with Crippen LogP contribution in [0.2, 0.25) is 0 Å². The number of nitro benzene ring substituents is 1. The molecule has 0 aliphatic carbocycles. The summed E-state index contributed by atoms with van der Waals surface area (Å²) in [5.41, 5.74) is 3.13. The molecule has 0 N–H and O–H groups in total. The monoisotopic (exact) mass is 300 g/mol. The molecule has 1 fully saturated rings. The zero-order valence-electron chi connectivity index (χ0n) is 12.9. The zero-order chi connectivity index (χ0) is 15.7. The molecule has 22 heavy (non-hydrogen) atoms. The van der Waals surface area contributed by atoms with E-state index in [1.54, 1.807) is 13.0 Å². The lowest BCUT2D eigenvalue weighted by atomic mass is 10.1. The van der Waals surface area contributed by atoms with E-state index >= 15 is 0 Å². The van der Waals surface area contributed by atoms with E-state index in [0.29, 0.717) is 11.6 Å². The highest BCUT2D eigenvalue weighted by Gasteiger charge is 2.27. The molecule has 1 aliphatic rings. The molecule has 116 valence electrons. The summed E-state index contributed by atoms with van der Waals surface area (Å²) < 4.78 is 1.82. The Morgan fingerprint density at radius 2 is 2.27 bits per heavy atom. The lowest BCUT2D eigenvalue weighted by Crippen LogP contribution is -2.22. The molecule has 0 amide bonds. The average molecular weight is 300 g/mol. The smallest absolute Gasteiger partial charge is 0.272 e. The van der Waals surface area contributed by atoms with Gasteiger partial charge in [-0.05, 0) is 31.9 Å². The number of hydrogen-bond donors (Lipinski definition) is 0. The Morgan fingerprint density at radius 1 is 1.45 bits per heavy atom. The lowest BCUT2D eigenvalue weighted by molar-refractivity contribution is -0.385. The van der Waals surface area contributed by atoms with Crippen LogP contribution in [0.15, 0.2) is 30.6 Å². The van der Waals surface area contributed by atoms with Gasteiger partial charge in [0.1, 0.15) is 0 Å². The maximum atomic E-state index is 11.1. The van der Waals surface area contributed by atoms with Crippen LogP contribution in [0.5, 0.6) is 0 Å². The molecule has 1 aromatic heterocycles. The van der Waals surface area contributed by atoms with Crippen LogP contribution in [0.4, 0.5) is 5.69 Å². The average Bonchev–Trinajstić information content (AvgIpc) is 3.09. The molecule has 1 atom stereocenters. The van der Waals surface area contributed by atoms with E-state index in [1.165, 1.54) is 5.56 Å². The molecule has 6 heteroatoms. The molecular weight excluding hydrogens is 280 g/mol. The molecule has 1 aromatic carbocycles. The molecule has 1 aliphatic heterocycles. The number of rotatable bonds is 4. The van der Waals surface area contributed by atoms with Gasteiger partial charge in [0.2, 0.25) is 0 Å². The first-order valence-electron chi connectivity index (χ1n) is 7.51. The number of nitro groups is 1. The van der Waals surface area contributed by atoms with Gasteiger partial charge in [0, 0.05) is 43.0 Å². The Bertz CT molecular complexity index is 695. The van der Waals surface area contributed by atoms with Gasteiger partial charge in [-0.1, -0.05) is 12.1 Å². The van der Waals surface area contributed by atoms with Gasteiger partial charge in [-0.25, -0.2) is 0 Å². The molecule has 2 aromatic rings. The predicted molar refractivity (Wildman–Crippen MR) is 83.4 cm³/mol. The van der Waals surface area contributed by atoms with Crippen LogP contribution in [-0.2, 0) is 13.6 Å². The maximum absolute atomic E-state index is 11.1. The summed E-state index contributed by atoms with van der Waals surface area (Å²) in [6.07, 6.45) is 6.23. The third-order valence-corrected chi connectivity index (χ3v) is 4.33. The fourth-order valence-electron chi connectivity index (χ4n) is 3.19. The van der Waals surface area contributed by atoms with E-state index in [-0.39, 0.29) is 10.6 Å². The van der Waals surface area contributed by atoms with E-state index in [1.807, 2.05) is 30.1 Å². The second-order valence-electron chi connectivity index (χ2n) is 5.95. The van der Waals surface area contributed by atoms with Gasteiger partial charge in [-0.2, -0.15) is 5.10 Å². The van der Waals surface area contributed by atoms with E-state index in [2.05, 4.69) is 16.2 Å². The highest BCUT2D eigenvalue weighted by molar-refractivity contribution is 5.42. The molecule has 1 unspecified atom stereocenters. The van der Waals surface area contributed by atoms with Gasteiger partial charge in [-0.3, -0.25) is 19.7 Å². The molecular formula is C16H20N4O2. The zero-order valence-corrected chi connectivity index (χ0v) is 12.9. The molecule has 3 rings (SSSR count). The van der Waals surface area contributed by atoms with Gasteiger partial charge < -0.3 is 0 Å². The van der Waals surface area contributed by atoms with Gasteiger partial charge in [0.25, 0.3) is 5.69 Å². The van der Waals surface area contributed by atoms with Gasteiger partial charge in [0.05, 0.1) is 11.1 Å². The number of likely N-dealkylation sites (tertiary alicyclic amines) is 1. The summed E-state index contributed by atoms with van der Waals surface area (Å²) in [4.78, 5) is 13.2. The van der Waals surface area contributed by atoms with Crippen LogP contribution >= 0.6 is 0 Å². The van der Waals surface area contributed by atoms with Crippen molar-refractivity contribution in [3.8, 4) is 0 Å². The molecule has 0 radical (unpaired) electrons. The van der Waals surface area contributed by atoms with Crippen LogP contribution in [0, 0.1) is 17.0 Å². The first-order valence-corrected chi connectivity index (χ1v) is 7.51. The molecule has 1 saturated heterocycles. The summed E-state index contributed by atoms with van der Waals surface area (Å²) in [5, 5.41) is 15.3. The van der Waals surface area contributed by atoms with Crippen molar-refractivity contribution in [2.24, 2.45) is 7.05 Å². The Labute approximate surface area is 129 Å². The topological polar surface area (TPSA) is 64.2 Å². The molecule has 0 bridgehead atoms. The van der Waals surface area contributed by atoms with Crippen LogP contribution in [0.3, 0.4) is 0 Å². The minimum Gasteiger partial charge on any atom is -0.292 e. The van der Waals surface area contributed by atoms with Crippen molar-refractivity contribution in [2.75, 3.05) is 6.54 Å². The van der Waals surface area contributed by atoms with Crippen molar-refractivity contribution in [2.45, 2.75) is 32.4 Å². The van der Waals surface area contributed by atoms with Crippen molar-refractivity contribution in [3.63, 3.8) is 0 Å². The van der Waals surface area contributed by atoms with Crippen LogP contribution in [0.1, 0.15) is 35.6 Å². The van der Waals surface area contributed by atoms with Crippen molar-refractivity contribution < 1.29 is 4.92 Å². The number of benzene rings is 1. The Kier molecular flexibility index (Phi) is 3.94. The van der Waals surface area contributed by atoms with Crippen LogP contribution in [-0.4, -0.2) is 26.1 Å². The minimum absolute atomic E-state index is 0.203. The van der Waals surface area contributed by atoms with E-state index in [9.17, 15) is 10.1 Å². The van der Waals surface area contributed by atoms with Crippen molar-refractivity contribution in [1.29, 1.82) is 0 Å². The number of aryl methyl sites for hydroxylation is 2. The van der Waals surface area contributed by atoms with Crippen molar-refractivity contribution in [3.05, 3.63) is 57.4 Å². The molecule has 6 nitrogen and oxygen atoms in total. The van der Waals surface area contributed by atoms with Crippen molar-refractivity contribution in [1.82, 2.24) is 14.7 Å². The van der Waals surface area contributed by atoms with Crippen LogP contribution < -0.4 is 0 Å². The summed E-state index contributed by atoms with van der Waals surface area (Å²) in [6, 6.07) is 5.88. The van der Waals surface area contributed by atoms with Gasteiger partial charge in [0.15, 0.2) is 0 Å². The Balaban J connectivity index is 1.80. The van der Waals surface area contributed by atoms with E-state index in [4.69, 9.17) is 0 Å². The predicted octanol–water partition coefficient (Wildman–Crippen LogP) is 2.97. The fourth-order valence-corrected chi connectivity index (χ4v) is 3.19. The van der Waals surface area contributed by atoms with E-state index in [0.717, 1.165) is 31.5 Å². The minimum atomic E-state index is -0.304. The Morgan fingerprint density at radius 3 is 2.95 bits per heavy atom. The van der Waals surface area contributed by atoms with Gasteiger partial charge >= 0.3 is 0 Å². The second-order valence-corrected chi connectivity index (χ2v) is 5.95. The summed E-state index contributed by atoms with van der Waals surface area (Å²) in [5.74, 6) is 0.